The van der Waals surface area contributed by atoms with E-state index in [1.165, 1.54) is 4.31 Å². The van der Waals surface area contributed by atoms with Gasteiger partial charge in [0.05, 0.1) is 12.1 Å². The van der Waals surface area contributed by atoms with Gasteiger partial charge >= 0.3 is 10.3 Å². The Bertz CT molecular complexity index is 572. The number of nitrogens with zero attached hydrogens (tertiary/aromatic N) is 1. The third-order valence-electron chi connectivity index (χ3n) is 3.05. The minimum absolute atomic E-state index is 0.111. The molecule has 0 bridgehead atoms. The summed E-state index contributed by atoms with van der Waals surface area (Å²) in [4.78, 5) is 0. The van der Waals surface area contributed by atoms with Crippen LogP contribution in [-0.2, 0) is 20.0 Å². The molecule has 0 saturated carbocycles. The lowest BCUT2D eigenvalue weighted by Gasteiger charge is -2.30. The van der Waals surface area contributed by atoms with Gasteiger partial charge in [-0.25, -0.2) is 0 Å². The molecule has 1 heterocycles. The molecule has 0 aliphatic carbocycles. The zero-order valence-electron chi connectivity index (χ0n) is 9.97. The fraction of sp³-hybridized carbons (Fsp3) is 0.333. The normalized spacial score (nSPS) is 27.2. The highest BCUT2D eigenvalue weighted by Gasteiger charge is 2.48. The molecule has 1 aromatic rings. The average molecular weight is 332 g/mol. The van der Waals surface area contributed by atoms with Crippen LogP contribution in [0.25, 0.3) is 0 Å². The molecule has 0 amide bonds. The second kappa shape index (κ2) is 4.77. The standard InChI is InChI=1S/C12H14BrNO3S/c1-3-7-14-12(2,9-17-18(14,15)16)10-5-4-6-11(13)8-10/h3-6,8H,1,7,9H2,2H3. The molecule has 18 heavy (non-hydrogen) atoms. The van der Waals surface area contributed by atoms with E-state index >= 15 is 0 Å². The SMILES string of the molecule is C=CCN1C(C)(c2cccc(Br)c2)COS1(=O)=O. The third-order valence-corrected chi connectivity index (χ3v) is 5.05. The first-order chi connectivity index (χ1) is 8.40. The predicted octanol–water partition coefficient (Wildman–Crippen LogP) is 2.43. The average Bonchev–Trinajstić information content (AvgIpc) is 2.55. The Hall–Kier alpha value is -0.690. The molecular formula is C12H14BrNO3S. The molecule has 1 atom stereocenters. The summed E-state index contributed by atoms with van der Waals surface area (Å²) < 4.78 is 30.9. The summed E-state index contributed by atoms with van der Waals surface area (Å²) in [7, 11) is -3.67. The molecular weight excluding hydrogens is 318 g/mol. The number of halogens is 1. The van der Waals surface area contributed by atoms with Crippen LogP contribution >= 0.6 is 15.9 Å². The highest BCUT2D eigenvalue weighted by atomic mass is 79.9. The molecule has 0 N–H and O–H groups in total. The summed E-state index contributed by atoms with van der Waals surface area (Å²) >= 11 is 3.39. The van der Waals surface area contributed by atoms with Crippen LogP contribution in [0, 0.1) is 0 Å². The largest absolute Gasteiger partial charge is 0.339 e. The minimum Gasteiger partial charge on any atom is -0.256 e. The van der Waals surface area contributed by atoms with E-state index in [1.54, 1.807) is 6.08 Å². The first-order valence-corrected chi connectivity index (χ1v) is 7.60. The van der Waals surface area contributed by atoms with E-state index in [2.05, 4.69) is 22.5 Å². The van der Waals surface area contributed by atoms with Gasteiger partial charge in [0, 0.05) is 11.0 Å². The van der Waals surface area contributed by atoms with E-state index in [4.69, 9.17) is 4.18 Å². The molecule has 1 aliphatic heterocycles. The first kappa shape index (κ1) is 13.7. The van der Waals surface area contributed by atoms with Crippen LogP contribution in [-0.4, -0.2) is 25.9 Å². The van der Waals surface area contributed by atoms with Crippen molar-refractivity contribution < 1.29 is 12.6 Å². The summed E-state index contributed by atoms with van der Waals surface area (Å²) in [5, 5.41) is 0. The maximum Gasteiger partial charge on any atom is 0.339 e. The lowest BCUT2D eigenvalue weighted by Crippen LogP contribution is -2.42. The van der Waals surface area contributed by atoms with Gasteiger partial charge in [-0.05, 0) is 24.6 Å². The maximum absolute atomic E-state index is 11.9. The zero-order chi connectivity index (χ0) is 13.4. The van der Waals surface area contributed by atoms with Gasteiger partial charge in [0.2, 0.25) is 0 Å². The number of benzene rings is 1. The summed E-state index contributed by atoms with van der Waals surface area (Å²) in [6.07, 6.45) is 1.56. The highest BCUT2D eigenvalue weighted by molar-refractivity contribution is 9.10. The summed E-state index contributed by atoms with van der Waals surface area (Å²) in [6, 6.07) is 7.57. The predicted molar refractivity (Wildman–Crippen MR) is 73.3 cm³/mol. The van der Waals surface area contributed by atoms with Gasteiger partial charge in [-0.1, -0.05) is 34.1 Å². The van der Waals surface area contributed by atoms with Crippen molar-refractivity contribution in [3.8, 4) is 0 Å². The molecule has 1 unspecified atom stereocenters. The molecule has 2 rings (SSSR count). The summed E-state index contributed by atoms with van der Waals surface area (Å²) in [5.41, 5.74) is 0.191. The monoisotopic (exact) mass is 331 g/mol. The molecule has 4 nitrogen and oxygen atoms in total. The van der Waals surface area contributed by atoms with Gasteiger partial charge in [-0.15, -0.1) is 6.58 Å². The molecule has 98 valence electrons. The smallest absolute Gasteiger partial charge is 0.256 e. The summed E-state index contributed by atoms with van der Waals surface area (Å²) in [5.74, 6) is 0. The Morgan fingerprint density at radius 1 is 1.61 bits per heavy atom. The molecule has 0 radical (unpaired) electrons. The van der Waals surface area contributed by atoms with Crippen molar-refractivity contribution in [2.45, 2.75) is 12.5 Å². The van der Waals surface area contributed by atoms with Crippen LogP contribution in [0.5, 0.6) is 0 Å². The molecule has 1 aliphatic rings. The Kier molecular flexibility index (Phi) is 3.64. The minimum atomic E-state index is -3.67. The van der Waals surface area contributed by atoms with Crippen molar-refractivity contribution in [1.29, 1.82) is 0 Å². The van der Waals surface area contributed by atoms with Crippen LogP contribution in [0.3, 0.4) is 0 Å². The van der Waals surface area contributed by atoms with Crippen LogP contribution < -0.4 is 0 Å². The van der Waals surface area contributed by atoms with Gasteiger partial charge < -0.3 is 0 Å². The lowest BCUT2D eigenvalue weighted by molar-refractivity contribution is 0.215. The van der Waals surface area contributed by atoms with Crippen LogP contribution in [0.1, 0.15) is 12.5 Å². The van der Waals surface area contributed by atoms with Crippen molar-refractivity contribution in [1.82, 2.24) is 4.31 Å². The van der Waals surface area contributed by atoms with Crippen LogP contribution in [0.2, 0.25) is 0 Å². The number of hydrogen-bond acceptors (Lipinski definition) is 3. The maximum atomic E-state index is 11.9. The molecule has 6 heteroatoms. The Morgan fingerprint density at radius 3 is 2.94 bits per heavy atom. The lowest BCUT2D eigenvalue weighted by atomic mass is 9.93. The Morgan fingerprint density at radius 2 is 2.33 bits per heavy atom. The topological polar surface area (TPSA) is 46.6 Å². The fourth-order valence-electron chi connectivity index (χ4n) is 2.03. The van der Waals surface area contributed by atoms with Gasteiger partial charge in [0.25, 0.3) is 0 Å². The van der Waals surface area contributed by atoms with Crippen molar-refractivity contribution in [3.05, 3.63) is 47.0 Å². The van der Waals surface area contributed by atoms with E-state index in [0.717, 1.165) is 10.0 Å². The van der Waals surface area contributed by atoms with Crippen LogP contribution in [0.4, 0.5) is 0 Å². The fourth-order valence-corrected chi connectivity index (χ4v) is 3.88. The molecule has 1 fully saturated rings. The summed E-state index contributed by atoms with van der Waals surface area (Å²) in [6.45, 7) is 5.78. The van der Waals surface area contributed by atoms with E-state index < -0.39 is 15.8 Å². The highest BCUT2D eigenvalue weighted by Crippen LogP contribution is 2.38. The quantitative estimate of drug-likeness (QED) is 0.799. The Labute approximate surface area is 116 Å². The second-order valence-electron chi connectivity index (χ2n) is 4.32. The first-order valence-electron chi connectivity index (χ1n) is 5.44. The van der Waals surface area contributed by atoms with Gasteiger partial charge in [-0.3, -0.25) is 4.18 Å². The van der Waals surface area contributed by atoms with E-state index in [9.17, 15) is 8.42 Å². The molecule has 0 spiro atoms. The number of rotatable bonds is 3. The molecule has 1 aromatic carbocycles. The third kappa shape index (κ3) is 2.25. The van der Waals surface area contributed by atoms with E-state index in [0.29, 0.717) is 0 Å². The molecule has 1 saturated heterocycles. The van der Waals surface area contributed by atoms with Crippen molar-refractivity contribution >= 4 is 26.2 Å². The van der Waals surface area contributed by atoms with E-state index in [-0.39, 0.29) is 13.2 Å². The van der Waals surface area contributed by atoms with Crippen molar-refractivity contribution in [2.75, 3.05) is 13.2 Å². The van der Waals surface area contributed by atoms with Gasteiger partial charge in [-0.2, -0.15) is 12.7 Å². The van der Waals surface area contributed by atoms with Crippen molar-refractivity contribution in [2.24, 2.45) is 0 Å². The van der Waals surface area contributed by atoms with E-state index in [1.807, 2.05) is 31.2 Å². The molecule has 0 aromatic heterocycles. The van der Waals surface area contributed by atoms with Crippen LogP contribution in [0.15, 0.2) is 41.4 Å². The number of hydrogen-bond donors (Lipinski definition) is 0. The van der Waals surface area contributed by atoms with Crippen molar-refractivity contribution in [3.63, 3.8) is 0 Å². The second-order valence-corrected chi connectivity index (χ2v) is 6.77. The van der Waals surface area contributed by atoms with Gasteiger partial charge in [0.1, 0.15) is 0 Å². The Balaban J connectivity index is 2.50. The van der Waals surface area contributed by atoms with Gasteiger partial charge in [0.15, 0.2) is 0 Å². The zero-order valence-corrected chi connectivity index (χ0v) is 12.4.